The first kappa shape index (κ1) is 9.39. The fourth-order valence-electron chi connectivity index (χ4n) is 0.991. The van der Waals surface area contributed by atoms with E-state index in [-0.39, 0.29) is 0 Å². The Balaban J connectivity index is 2.91. The van der Waals surface area contributed by atoms with Crippen LogP contribution in [0.25, 0.3) is 0 Å². The van der Waals surface area contributed by atoms with Crippen LogP contribution in [-0.2, 0) is 6.42 Å². The van der Waals surface area contributed by atoms with Gasteiger partial charge in [-0.15, -0.1) is 0 Å². The van der Waals surface area contributed by atoms with Gasteiger partial charge in [0.15, 0.2) is 0 Å². The lowest BCUT2D eigenvalue weighted by molar-refractivity contribution is 0.411. The second-order valence-electron chi connectivity index (χ2n) is 2.43. The first-order valence-electron chi connectivity index (χ1n) is 3.69. The van der Waals surface area contributed by atoms with Crippen LogP contribution in [-0.4, -0.2) is 17.5 Å². The highest BCUT2D eigenvalue weighted by Gasteiger charge is 2.01. The number of aryl methyl sites for hydroxylation is 1. The number of ether oxygens (including phenoxy) is 1. The predicted molar refractivity (Wildman–Crippen MR) is 52.2 cm³/mol. The molecule has 0 radical (unpaired) electrons. The standard InChI is InChI=1S/C9H11BrO2/c1-12-8-2-3-9(11)7(6-8)4-5-10/h2-3,6,11H,4-5H2,1H3. The number of alkyl halides is 1. The Morgan fingerprint density at radius 1 is 1.50 bits per heavy atom. The first-order valence-corrected chi connectivity index (χ1v) is 4.82. The summed E-state index contributed by atoms with van der Waals surface area (Å²) < 4.78 is 5.03. The average Bonchev–Trinajstić information content (AvgIpc) is 2.09. The molecule has 0 aromatic heterocycles. The highest BCUT2D eigenvalue weighted by atomic mass is 79.9. The summed E-state index contributed by atoms with van der Waals surface area (Å²) in [5.74, 6) is 1.11. The SMILES string of the molecule is COc1ccc(O)c(CCBr)c1. The average molecular weight is 231 g/mol. The molecule has 0 saturated heterocycles. The molecule has 0 amide bonds. The van der Waals surface area contributed by atoms with Crippen LogP contribution in [0.4, 0.5) is 0 Å². The summed E-state index contributed by atoms with van der Waals surface area (Å²) in [6, 6.07) is 5.24. The maximum atomic E-state index is 9.39. The summed E-state index contributed by atoms with van der Waals surface area (Å²) in [6.45, 7) is 0. The summed E-state index contributed by atoms with van der Waals surface area (Å²) in [7, 11) is 1.62. The van der Waals surface area contributed by atoms with Crippen LogP contribution in [0.1, 0.15) is 5.56 Å². The number of hydrogen-bond acceptors (Lipinski definition) is 2. The van der Waals surface area contributed by atoms with E-state index in [1.807, 2.05) is 6.07 Å². The molecule has 0 unspecified atom stereocenters. The third kappa shape index (κ3) is 2.14. The second-order valence-corrected chi connectivity index (χ2v) is 3.23. The number of phenolic OH excluding ortho intramolecular Hbond substituents is 1. The zero-order valence-corrected chi connectivity index (χ0v) is 8.47. The van der Waals surface area contributed by atoms with Crippen molar-refractivity contribution in [1.29, 1.82) is 0 Å². The van der Waals surface area contributed by atoms with Gasteiger partial charge in [0, 0.05) is 5.33 Å². The van der Waals surface area contributed by atoms with Crippen molar-refractivity contribution in [2.45, 2.75) is 6.42 Å². The molecule has 3 heteroatoms. The molecule has 12 heavy (non-hydrogen) atoms. The predicted octanol–water partition coefficient (Wildman–Crippen LogP) is 2.34. The van der Waals surface area contributed by atoms with E-state index >= 15 is 0 Å². The molecule has 0 saturated carbocycles. The Kier molecular flexibility index (Phi) is 3.41. The summed E-state index contributed by atoms with van der Waals surface area (Å²) in [4.78, 5) is 0. The maximum absolute atomic E-state index is 9.39. The number of hydrogen-bond donors (Lipinski definition) is 1. The monoisotopic (exact) mass is 230 g/mol. The second kappa shape index (κ2) is 4.36. The number of methoxy groups -OCH3 is 1. The Hall–Kier alpha value is -0.700. The van der Waals surface area contributed by atoms with E-state index in [4.69, 9.17) is 4.74 Å². The van der Waals surface area contributed by atoms with Gasteiger partial charge in [-0.3, -0.25) is 0 Å². The van der Waals surface area contributed by atoms with Gasteiger partial charge in [-0.25, -0.2) is 0 Å². The highest BCUT2D eigenvalue weighted by Crippen LogP contribution is 2.23. The number of benzene rings is 1. The molecule has 2 nitrogen and oxygen atoms in total. The largest absolute Gasteiger partial charge is 0.508 e. The minimum Gasteiger partial charge on any atom is -0.508 e. The molecular formula is C9H11BrO2. The van der Waals surface area contributed by atoms with Crippen LogP contribution >= 0.6 is 15.9 Å². The van der Waals surface area contributed by atoms with E-state index in [1.165, 1.54) is 0 Å². The van der Waals surface area contributed by atoms with E-state index in [2.05, 4.69) is 15.9 Å². The van der Waals surface area contributed by atoms with Crippen molar-refractivity contribution in [2.24, 2.45) is 0 Å². The van der Waals surface area contributed by atoms with Crippen molar-refractivity contribution in [3.63, 3.8) is 0 Å². The van der Waals surface area contributed by atoms with Crippen LogP contribution in [0, 0.1) is 0 Å². The summed E-state index contributed by atoms with van der Waals surface area (Å²) in [6.07, 6.45) is 0.809. The van der Waals surface area contributed by atoms with Crippen molar-refractivity contribution in [3.8, 4) is 11.5 Å². The van der Waals surface area contributed by atoms with Gasteiger partial charge in [-0.1, -0.05) is 15.9 Å². The molecule has 66 valence electrons. The normalized spacial score (nSPS) is 9.83. The Labute approximate surface area is 80.3 Å². The van der Waals surface area contributed by atoms with Crippen molar-refractivity contribution in [3.05, 3.63) is 23.8 Å². The lowest BCUT2D eigenvalue weighted by atomic mass is 10.1. The fraction of sp³-hybridized carbons (Fsp3) is 0.333. The molecule has 0 spiro atoms. The quantitative estimate of drug-likeness (QED) is 0.809. The molecule has 1 aromatic rings. The molecule has 0 heterocycles. The molecule has 0 aliphatic rings. The third-order valence-electron chi connectivity index (χ3n) is 1.65. The van der Waals surface area contributed by atoms with Gasteiger partial charge >= 0.3 is 0 Å². The smallest absolute Gasteiger partial charge is 0.119 e. The van der Waals surface area contributed by atoms with Gasteiger partial charge in [-0.2, -0.15) is 0 Å². The van der Waals surface area contributed by atoms with Gasteiger partial charge in [0.25, 0.3) is 0 Å². The molecular weight excluding hydrogens is 220 g/mol. The summed E-state index contributed by atoms with van der Waals surface area (Å²) >= 11 is 3.31. The van der Waals surface area contributed by atoms with Gasteiger partial charge in [0.2, 0.25) is 0 Å². The van der Waals surface area contributed by atoms with Crippen LogP contribution in [0.2, 0.25) is 0 Å². The summed E-state index contributed by atoms with van der Waals surface area (Å²) in [5.41, 5.74) is 0.909. The maximum Gasteiger partial charge on any atom is 0.119 e. The molecule has 0 bridgehead atoms. The Morgan fingerprint density at radius 2 is 2.25 bits per heavy atom. The summed E-state index contributed by atoms with van der Waals surface area (Å²) in [5, 5.41) is 10.2. The van der Waals surface area contributed by atoms with Gasteiger partial charge in [0.05, 0.1) is 7.11 Å². The molecule has 0 atom stereocenters. The van der Waals surface area contributed by atoms with Gasteiger partial charge in [-0.05, 0) is 30.2 Å². The van der Waals surface area contributed by atoms with Crippen molar-refractivity contribution >= 4 is 15.9 Å². The van der Waals surface area contributed by atoms with E-state index in [0.29, 0.717) is 5.75 Å². The number of aromatic hydroxyl groups is 1. The fourth-order valence-corrected chi connectivity index (χ4v) is 1.42. The lowest BCUT2D eigenvalue weighted by Gasteiger charge is -2.04. The number of rotatable bonds is 3. The van der Waals surface area contributed by atoms with Crippen LogP contribution in [0.5, 0.6) is 11.5 Å². The minimum absolute atomic E-state index is 0.329. The molecule has 0 aliphatic heterocycles. The minimum atomic E-state index is 0.329. The molecule has 1 rings (SSSR count). The van der Waals surface area contributed by atoms with Crippen LogP contribution in [0.3, 0.4) is 0 Å². The van der Waals surface area contributed by atoms with Gasteiger partial charge < -0.3 is 9.84 Å². The van der Waals surface area contributed by atoms with Gasteiger partial charge in [0.1, 0.15) is 11.5 Å². The highest BCUT2D eigenvalue weighted by molar-refractivity contribution is 9.09. The lowest BCUT2D eigenvalue weighted by Crippen LogP contribution is -1.89. The zero-order valence-electron chi connectivity index (χ0n) is 6.88. The van der Waals surface area contributed by atoms with Crippen LogP contribution < -0.4 is 4.74 Å². The van der Waals surface area contributed by atoms with E-state index in [1.54, 1.807) is 19.2 Å². The Morgan fingerprint density at radius 3 is 2.83 bits per heavy atom. The van der Waals surface area contributed by atoms with Crippen LogP contribution in [0.15, 0.2) is 18.2 Å². The van der Waals surface area contributed by atoms with E-state index < -0.39 is 0 Å². The zero-order chi connectivity index (χ0) is 8.97. The first-order chi connectivity index (χ1) is 5.77. The van der Waals surface area contributed by atoms with E-state index in [9.17, 15) is 5.11 Å². The Bertz CT molecular complexity index is 261. The third-order valence-corrected chi connectivity index (χ3v) is 2.05. The van der Waals surface area contributed by atoms with Crippen molar-refractivity contribution in [2.75, 3.05) is 12.4 Å². The topological polar surface area (TPSA) is 29.5 Å². The number of halogens is 1. The van der Waals surface area contributed by atoms with E-state index in [0.717, 1.165) is 23.1 Å². The van der Waals surface area contributed by atoms with Crippen molar-refractivity contribution < 1.29 is 9.84 Å². The molecule has 1 aromatic carbocycles. The number of phenols is 1. The molecule has 1 N–H and O–H groups in total. The molecule has 0 aliphatic carbocycles. The molecule has 0 fully saturated rings. The van der Waals surface area contributed by atoms with Crippen molar-refractivity contribution in [1.82, 2.24) is 0 Å².